The first-order valence-corrected chi connectivity index (χ1v) is 6.96. The van der Waals surface area contributed by atoms with Gasteiger partial charge in [0.25, 0.3) is 0 Å². The van der Waals surface area contributed by atoms with Crippen molar-refractivity contribution in [1.29, 1.82) is 0 Å². The predicted octanol–water partition coefficient (Wildman–Crippen LogP) is 4.79. The smallest absolute Gasteiger partial charge is 0.326 e. The van der Waals surface area contributed by atoms with Gasteiger partial charge in [-0.25, -0.2) is 4.39 Å². The number of benzene rings is 2. The molecule has 1 amide bonds. The van der Waals surface area contributed by atoms with Crippen molar-refractivity contribution in [3.8, 4) is 0 Å². The number of halogens is 5. The zero-order valence-corrected chi connectivity index (χ0v) is 12.6. The van der Waals surface area contributed by atoms with E-state index < -0.39 is 23.5 Å². The molecule has 22 heavy (non-hydrogen) atoms. The van der Waals surface area contributed by atoms with Gasteiger partial charge in [-0.1, -0.05) is 28.1 Å². The van der Waals surface area contributed by atoms with E-state index in [1.807, 2.05) is 0 Å². The molecule has 0 aliphatic heterocycles. The molecule has 0 aromatic heterocycles. The van der Waals surface area contributed by atoms with Gasteiger partial charge < -0.3 is 5.32 Å². The van der Waals surface area contributed by atoms with Crippen LogP contribution in [0.15, 0.2) is 46.9 Å². The fraction of sp³-hybridized carbons (Fsp3) is 0.133. The third kappa shape index (κ3) is 4.30. The lowest BCUT2D eigenvalue weighted by Gasteiger charge is -2.12. The van der Waals surface area contributed by atoms with Crippen molar-refractivity contribution in [1.82, 2.24) is 0 Å². The molecule has 0 spiro atoms. The molecule has 0 aliphatic carbocycles. The Bertz CT molecular complexity index is 700. The van der Waals surface area contributed by atoms with Crippen LogP contribution in [0.4, 0.5) is 23.2 Å². The van der Waals surface area contributed by atoms with Crippen LogP contribution in [0, 0.1) is 5.82 Å². The molecule has 0 heterocycles. The van der Waals surface area contributed by atoms with E-state index in [0.29, 0.717) is 5.56 Å². The summed E-state index contributed by atoms with van der Waals surface area (Å²) in [6.07, 6.45) is -4.66. The minimum Gasteiger partial charge on any atom is -0.326 e. The SMILES string of the molecule is O=C(Cc1cccc(F)c1)Nc1ccc(Br)c(C(F)(F)F)c1. The van der Waals surface area contributed by atoms with Crippen LogP contribution >= 0.6 is 15.9 Å². The van der Waals surface area contributed by atoms with E-state index in [9.17, 15) is 22.4 Å². The first-order chi connectivity index (χ1) is 10.3. The van der Waals surface area contributed by atoms with Crippen LogP contribution in [-0.4, -0.2) is 5.91 Å². The van der Waals surface area contributed by atoms with Crippen molar-refractivity contribution in [3.63, 3.8) is 0 Å². The molecule has 2 aromatic rings. The molecule has 1 N–H and O–H groups in total. The molecule has 0 saturated heterocycles. The van der Waals surface area contributed by atoms with Crippen molar-refractivity contribution in [3.05, 3.63) is 63.9 Å². The molecule has 116 valence electrons. The van der Waals surface area contributed by atoms with E-state index in [2.05, 4.69) is 21.2 Å². The molecule has 0 radical (unpaired) electrons. The van der Waals surface area contributed by atoms with Crippen LogP contribution in [0.5, 0.6) is 0 Å². The van der Waals surface area contributed by atoms with Crippen LogP contribution in [0.25, 0.3) is 0 Å². The Morgan fingerprint density at radius 2 is 1.86 bits per heavy atom. The van der Waals surface area contributed by atoms with Gasteiger partial charge in [0.2, 0.25) is 5.91 Å². The van der Waals surface area contributed by atoms with Crippen LogP contribution in [-0.2, 0) is 17.4 Å². The number of amides is 1. The standard InChI is InChI=1S/C15H10BrF4NO/c16-13-5-4-11(8-12(13)15(18,19)20)21-14(22)7-9-2-1-3-10(17)6-9/h1-6,8H,7H2,(H,21,22). The summed E-state index contributed by atoms with van der Waals surface area (Å²) in [5.41, 5.74) is -0.418. The van der Waals surface area contributed by atoms with Crippen LogP contribution in [0.3, 0.4) is 0 Å². The Morgan fingerprint density at radius 3 is 2.50 bits per heavy atom. The highest BCUT2D eigenvalue weighted by Crippen LogP contribution is 2.36. The van der Waals surface area contributed by atoms with Gasteiger partial charge in [-0.05, 0) is 35.9 Å². The third-order valence-electron chi connectivity index (χ3n) is 2.81. The molecule has 2 aromatic carbocycles. The lowest BCUT2D eigenvalue weighted by molar-refractivity contribution is -0.138. The topological polar surface area (TPSA) is 29.1 Å². The first-order valence-electron chi connectivity index (χ1n) is 6.17. The maximum atomic E-state index is 13.0. The minimum absolute atomic E-state index is 0.0249. The number of rotatable bonds is 3. The van der Waals surface area contributed by atoms with Gasteiger partial charge in [-0.15, -0.1) is 0 Å². The fourth-order valence-corrected chi connectivity index (χ4v) is 2.33. The first kappa shape index (κ1) is 16.5. The van der Waals surface area contributed by atoms with E-state index in [4.69, 9.17) is 0 Å². The van der Waals surface area contributed by atoms with Gasteiger partial charge >= 0.3 is 6.18 Å². The van der Waals surface area contributed by atoms with Gasteiger partial charge in [0.1, 0.15) is 5.82 Å². The summed E-state index contributed by atoms with van der Waals surface area (Å²) in [5.74, 6) is -1.01. The maximum absolute atomic E-state index is 13.0. The summed E-state index contributed by atoms with van der Waals surface area (Å²) in [7, 11) is 0. The molecular formula is C15H10BrF4NO. The van der Waals surface area contributed by atoms with Gasteiger partial charge in [0, 0.05) is 10.2 Å². The number of carbonyl (C=O) groups is 1. The summed E-state index contributed by atoms with van der Waals surface area (Å²) in [6.45, 7) is 0. The van der Waals surface area contributed by atoms with Crippen LogP contribution in [0.1, 0.15) is 11.1 Å². The summed E-state index contributed by atoms with van der Waals surface area (Å²) in [4.78, 5) is 11.8. The van der Waals surface area contributed by atoms with Crippen molar-refractivity contribution in [2.75, 3.05) is 5.32 Å². The molecule has 0 bridgehead atoms. The van der Waals surface area contributed by atoms with Gasteiger partial charge in [0.05, 0.1) is 12.0 Å². The average Bonchev–Trinajstić information content (AvgIpc) is 2.39. The zero-order chi connectivity index (χ0) is 16.3. The quantitative estimate of drug-likeness (QED) is 0.767. The molecule has 0 aliphatic rings. The lowest BCUT2D eigenvalue weighted by atomic mass is 10.1. The Labute approximate surface area is 132 Å². The predicted molar refractivity (Wildman–Crippen MR) is 77.9 cm³/mol. The molecule has 2 nitrogen and oxygen atoms in total. The van der Waals surface area contributed by atoms with Crippen molar-refractivity contribution in [2.45, 2.75) is 12.6 Å². The number of alkyl halides is 3. The number of anilines is 1. The Kier molecular flexibility index (Phi) is 4.85. The zero-order valence-electron chi connectivity index (χ0n) is 11.0. The number of carbonyl (C=O) groups excluding carboxylic acids is 1. The Hall–Kier alpha value is -1.89. The number of hydrogen-bond donors (Lipinski definition) is 1. The van der Waals surface area contributed by atoms with Gasteiger partial charge in [-0.2, -0.15) is 13.2 Å². The van der Waals surface area contributed by atoms with E-state index >= 15 is 0 Å². The monoisotopic (exact) mass is 375 g/mol. The minimum atomic E-state index is -4.53. The van der Waals surface area contributed by atoms with Crippen LogP contribution < -0.4 is 5.32 Å². The van der Waals surface area contributed by atoms with E-state index in [0.717, 1.165) is 6.07 Å². The molecule has 0 fully saturated rings. The molecule has 2 rings (SSSR count). The summed E-state index contributed by atoms with van der Waals surface area (Å²) < 4.78 is 51.2. The highest BCUT2D eigenvalue weighted by Gasteiger charge is 2.33. The molecule has 7 heteroatoms. The highest BCUT2D eigenvalue weighted by atomic mass is 79.9. The normalized spacial score (nSPS) is 11.3. The Morgan fingerprint density at radius 1 is 1.14 bits per heavy atom. The van der Waals surface area contributed by atoms with Gasteiger partial charge in [-0.3, -0.25) is 4.79 Å². The number of nitrogens with one attached hydrogen (secondary N) is 1. The second-order valence-electron chi connectivity index (χ2n) is 4.55. The van der Waals surface area contributed by atoms with Gasteiger partial charge in [0.15, 0.2) is 0 Å². The largest absolute Gasteiger partial charge is 0.417 e. The summed E-state index contributed by atoms with van der Waals surface area (Å²) in [5, 5.41) is 2.37. The fourth-order valence-electron chi connectivity index (χ4n) is 1.86. The molecule has 0 saturated carbocycles. The molecular weight excluding hydrogens is 366 g/mol. The third-order valence-corrected chi connectivity index (χ3v) is 3.50. The van der Waals surface area contributed by atoms with Crippen molar-refractivity contribution >= 4 is 27.5 Å². The van der Waals surface area contributed by atoms with Crippen molar-refractivity contribution < 1.29 is 22.4 Å². The number of hydrogen-bond acceptors (Lipinski definition) is 1. The van der Waals surface area contributed by atoms with E-state index in [-0.39, 0.29) is 16.6 Å². The van der Waals surface area contributed by atoms with E-state index in [1.165, 1.54) is 30.3 Å². The Balaban J connectivity index is 2.12. The maximum Gasteiger partial charge on any atom is 0.417 e. The average molecular weight is 376 g/mol. The summed E-state index contributed by atoms with van der Waals surface area (Å²) >= 11 is 2.82. The highest BCUT2D eigenvalue weighted by molar-refractivity contribution is 9.10. The van der Waals surface area contributed by atoms with Crippen molar-refractivity contribution in [2.24, 2.45) is 0 Å². The van der Waals surface area contributed by atoms with E-state index in [1.54, 1.807) is 6.07 Å². The van der Waals surface area contributed by atoms with Crippen LogP contribution in [0.2, 0.25) is 0 Å². The molecule has 0 unspecified atom stereocenters. The second-order valence-corrected chi connectivity index (χ2v) is 5.40. The lowest BCUT2D eigenvalue weighted by Crippen LogP contribution is -2.15. The summed E-state index contributed by atoms with van der Waals surface area (Å²) in [6, 6.07) is 8.86. The second kappa shape index (κ2) is 6.48. The molecule has 0 atom stereocenters.